The minimum Gasteiger partial charge on any atom is -0.456 e. The molecule has 3 aliphatic carbocycles. The summed E-state index contributed by atoms with van der Waals surface area (Å²) in [6.45, 7) is 7.09. The minimum atomic E-state index is -2.24. The van der Waals surface area contributed by atoms with Gasteiger partial charge in [-0.05, 0) is 42.7 Å². The highest BCUT2D eigenvalue weighted by Crippen LogP contribution is 2.64. The molecule has 1 saturated heterocycles. The third kappa shape index (κ3) is 5.39. The van der Waals surface area contributed by atoms with Gasteiger partial charge in [-0.3, -0.25) is 9.59 Å². The standard InChI is InChI=1S/C38H44O12/c1-20-25(48-34(45)24(40)16-22-12-8-6-9-13-22)18-38(46)32(49-33(44)23-14-10-7-11-15-23)30-36(5,31(43)29(42)28(20)35(38,3)4)26(41)17-27-37(30,19-47-27)50-21(2)39/h6-15,24-27,29-30,32,40-42,46H,16-19H2,1-5H3/t24-,25-,26-,27?,29+,30-,32-,36+,37-,38+/m0/s1. The summed E-state index contributed by atoms with van der Waals surface area (Å²) < 4.78 is 23.9. The van der Waals surface area contributed by atoms with Crippen molar-refractivity contribution in [1.82, 2.24) is 0 Å². The van der Waals surface area contributed by atoms with Crippen LogP contribution in [0.15, 0.2) is 71.8 Å². The molecule has 0 amide bonds. The van der Waals surface area contributed by atoms with Gasteiger partial charge in [0.05, 0.1) is 29.6 Å². The number of rotatable bonds is 7. The summed E-state index contributed by atoms with van der Waals surface area (Å²) in [4.78, 5) is 54.8. The van der Waals surface area contributed by atoms with Gasteiger partial charge in [0.1, 0.15) is 30.0 Å². The number of aliphatic hydroxyl groups is 4. The fourth-order valence-corrected chi connectivity index (χ4v) is 8.91. The first-order valence-corrected chi connectivity index (χ1v) is 16.8. The fourth-order valence-electron chi connectivity index (χ4n) is 8.91. The van der Waals surface area contributed by atoms with E-state index in [1.807, 2.05) is 0 Å². The van der Waals surface area contributed by atoms with E-state index in [0.29, 0.717) is 5.56 Å². The molecule has 10 atom stereocenters. The zero-order chi connectivity index (χ0) is 36.4. The number of hydrogen-bond donors (Lipinski definition) is 4. The smallest absolute Gasteiger partial charge is 0.338 e. The van der Waals surface area contributed by atoms with Gasteiger partial charge in [-0.2, -0.15) is 0 Å². The van der Waals surface area contributed by atoms with E-state index < -0.39 is 94.7 Å². The molecule has 2 saturated carbocycles. The van der Waals surface area contributed by atoms with Crippen molar-refractivity contribution in [3.8, 4) is 0 Å². The van der Waals surface area contributed by atoms with Gasteiger partial charge in [-0.1, -0.05) is 62.4 Å². The maximum Gasteiger partial charge on any atom is 0.338 e. The molecule has 4 N–H and O–H groups in total. The van der Waals surface area contributed by atoms with E-state index in [4.69, 9.17) is 18.9 Å². The lowest BCUT2D eigenvalue weighted by Crippen LogP contribution is -2.81. The molecule has 2 bridgehead atoms. The lowest BCUT2D eigenvalue weighted by atomic mass is 9.44. The van der Waals surface area contributed by atoms with E-state index in [9.17, 15) is 39.6 Å². The number of Topliss-reactive ketones (excluding diaryl/α,β-unsaturated/α-hetero) is 1. The van der Waals surface area contributed by atoms with Crippen molar-refractivity contribution in [2.75, 3.05) is 6.61 Å². The van der Waals surface area contributed by atoms with E-state index in [2.05, 4.69) is 0 Å². The molecule has 1 heterocycles. The van der Waals surface area contributed by atoms with Crippen molar-refractivity contribution in [2.45, 2.75) is 102 Å². The van der Waals surface area contributed by atoms with E-state index >= 15 is 0 Å². The molecule has 2 aromatic rings. The van der Waals surface area contributed by atoms with Crippen LogP contribution in [0, 0.1) is 16.7 Å². The molecule has 4 aliphatic rings. The Labute approximate surface area is 290 Å². The van der Waals surface area contributed by atoms with Gasteiger partial charge >= 0.3 is 17.9 Å². The monoisotopic (exact) mass is 692 g/mol. The number of carbonyl (C=O) groups excluding carboxylic acids is 4. The molecular formula is C38H44O12. The first kappa shape index (κ1) is 35.9. The zero-order valence-corrected chi connectivity index (χ0v) is 28.7. The van der Waals surface area contributed by atoms with E-state index in [1.165, 1.54) is 26.0 Å². The summed E-state index contributed by atoms with van der Waals surface area (Å²) in [6, 6.07) is 16.8. The molecule has 12 nitrogen and oxygen atoms in total. The molecule has 50 heavy (non-hydrogen) atoms. The van der Waals surface area contributed by atoms with Crippen LogP contribution in [0.5, 0.6) is 0 Å². The second kappa shape index (κ2) is 12.7. The first-order valence-electron chi connectivity index (χ1n) is 16.8. The SMILES string of the molecule is CC(=O)O[C@@]12COC1C[C@H](O)[C@@]1(C)C(=O)[C@H](O)C3=C(C)[C@@H](OC(=O)[C@@H](O)Cc4ccccc4)C[C@@](O)([C@@H](OC(=O)c4ccccc4)[C@@H]12)C3(C)C. The molecule has 0 spiro atoms. The molecule has 268 valence electrons. The van der Waals surface area contributed by atoms with Crippen molar-refractivity contribution >= 4 is 23.7 Å². The first-order chi connectivity index (χ1) is 23.5. The Morgan fingerprint density at radius 3 is 2.18 bits per heavy atom. The topological polar surface area (TPSA) is 186 Å². The average molecular weight is 693 g/mol. The average Bonchev–Trinajstić information content (AvgIpc) is 3.07. The van der Waals surface area contributed by atoms with Crippen LogP contribution in [0.4, 0.5) is 0 Å². The lowest BCUT2D eigenvalue weighted by Gasteiger charge is -2.67. The predicted octanol–water partition coefficient (Wildman–Crippen LogP) is 2.24. The van der Waals surface area contributed by atoms with Crippen molar-refractivity contribution in [1.29, 1.82) is 0 Å². The maximum absolute atomic E-state index is 14.8. The number of ketones is 1. The predicted molar refractivity (Wildman–Crippen MR) is 175 cm³/mol. The van der Waals surface area contributed by atoms with Crippen molar-refractivity contribution in [3.63, 3.8) is 0 Å². The highest BCUT2D eigenvalue weighted by atomic mass is 16.6. The summed E-state index contributed by atoms with van der Waals surface area (Å²) in [6.07, 6.45) is -9.52. The second-order valence-electron chi connectivity index (χ2n) is 14.8. The van der Waals surface area contributed by atoms with Crippen LogP contribution >= 0.6 is 0 Å². The normalized spacial score (nSPS) is 36.4. The Balaban J connectivity index is 1.52. The molecular weight excluding hydrogens is 648 g/mol. The third-order valence-electron chi connectivity index (χ3n) is 11.7. The number of ether oxygens (including phenoxy) is 4. The lowest BCUT2D eigenvalue weighted by molar-refractivity contribution is -0.346. The van der Waals surface area contributed by atoms with Crippen molar-refractivity contribution in [2.24, 2.45) is 16.7 Å². The van der Waals surface area contributed by atoms with Crippen molar-refractivity contribution < 1.29 is 58.6 Å². The third-order valence-corrected chi connectivity index (χ3v) is 11.7. The van der Waals surface area contributed by atoms with Crippen LogP contribution in [-0.4, -0.2) is 98.6 Å². The van der Waals surface area contributed by atoms with Gasteiger partial charge in [0.25, 0.3) is 0 Å². The van der Waals surface area contributed by atoms with Crippen molar-refractivity contribution in [3.05, 3.63) is 82.9 Å². The van der Waals surface area contributed by atoms with Gasteiger partial charge in [0.15, 0.2) is 17.5 Å². The van der Waals surface area contributed by atoms with E-state index in [-0.39, 0.29) is 36.2 Å². The van der Waals surface area contributed by atoms with Gasteiger partial charge in [-0.25, -0.2) is 9.59 Å². The van der Waals surface area contributed by atoms with E-state index in [1.54, 1.807) is 69.3 Å². The molecule has 0 aromatic heterocycles. The second-order valence-corrected chi connectivity index (χ2v) is 14.8. The quantitative estimate of drug-likeness (QED) is 0.189. The molecule has 6 rings (SSSR count). The highest BCUT2D eigenvalue weighted by Gasteiger charge is 2.78. The zero-order valence-electron chi connectivity index (χ0n) is 28.7. The number of esters is 3. The van der Waals surface area contributed by atoms with Crippen LogP contribution in [0.1, 0.15) is 63.4 Å². The Hall–Kier alpha value is -3.94. The molecule has 12 heteroatoms. The number of carbonyl (C=O) groups is 4. The largest absolute Gasteiger partial charge is 0.456 e. The molecule has 1 unspecified atom stereocenters. The van der Waals surface area contributed by atoms with Gasteiger partial charge in [0.2, 0.25) is 0 Å². The Kier molecular flexibility index (Phi) is 9.10. The molecule has 1 aliphatic heterocycles. The molecule has 0 radical (unpaired) electrons. The molecule has 2 aromatic carbocycles. The Morgan fingerprint density at radius 2 is 1.60 bits per heavy atom. The number of hydrogen-bond acceptors (Lipinski definition) is 12. The Bertz CT molecular complexity index is 1700. The Morgan fingerprint density at radius 1 is 0.980 bits per heavy atom. The maximum atomic E-state index is 14.8. The van der Waals surface area contributed by atoms with Crippen LogP contribution < -0.4 is 0 Å². The minimum absolute atomic E-state index is 0.0211. The van der Waals surface area contributed by atoms with Gasteiger partial charge in [-0.15, -0.1) is 0 Å². The highest BCUT2D eigenvalue weighted by molar-refractivity contribution is 5.94. The van der Waals surface area contributed by atoms with E-state index in [0.717, 1.165) is 0 Å². The molecule has 3 fully saturated rings. The summed E-state index contributed by atoms with van der Waals surface area (Å²) >= 11 is 0. The van der Waals surface area contributed by atoms with Gasteiger partial charge < -0.3 is 39.4 Å². The summed E-state index contributed by atoms with van der Waals surface area (Å²) in [7, 11) is 0. The van der Waals surface area contributed by atoms with Crippen LogP contribution in [0.3, 0.4) is 0 Å². The summed E-state index contributed by atoms with van der Waals surface area (Å²) in [5.41, 5.74) is -6.29. The number of aliphatic hydroxyl groups excluding tert-OH is 3. The fraction of sp³-hybridized carbons (Fsp3) is 0.526. The van der Waals surface area contributed by atoms with Crippen LogP contribution in [0.2, 0.25) is 0 Å². The number of benzene rings is 2. The summed E-state index contributed by atoms with van der Waals surface area (Å²) in [5, 5.41) is 47.8. The number of fused-ring (bicyclic) bond motifs is 5. The summed E-state index contributed by atoms with van der Waals surface area (Å²) in [5.74, 6) is -4.90. The van der Waals surface area contributed by atoms with Gasteiger partial charge in [0, 0.05) is 31.6 Å². The van der Waals surface area contributed by atoms with Crippen LogP contribution in [0.25, 0.3) is 0 Å². The van der Waals surface area contributed by atoms with Crippen LogP contribution in [-0.2, 0) is 39.8 Å².